The van der Waals surface area contributed by atoms with Gasteiger partial charge in [0.05, 0.1) is 25.3 Å². The van der Waals surface area contributed by atoms with Crippen molar-refractivity contribution in [2.45, 2.75) is 38.8 Å². The predicted molar refractivity (Wildman–Crippen MR) is 64.8 cm³/mol. The zero-order valence-corrected chi connectivity index (χ0v) is 10.3. The van der Waals surface area contributed by atoms with Crippen molar-refractivity contribution in [2.75, 3.05) is 19.8 Å². The minimum absolute atomic E-state index is 0.108. The molecule has 2 atom stereocenters. The molecular formula is C10H21N3O4. The number of hydrogen-bond donors (Lipinski definition) is 3. The number of nitrogens with zero attached hydrogens (tertiary/aromatic N) is 2. The zero-order chi connectivity index (χ0) is 13.3. The van der Waals surface area contributed by atoms with Gasteiger partial charge in [0.25, 0.3) is 6.54 Å². The lowest BCUT2D eigenvalue weighted by Crippen LogP contribution is -2.41. The normalized spacial score (nSPS) is 15.4. The van der Waals surface area contributed by atoms with Crippen molar-refractivity contribution in [3.05, 3.63) is 10.1 Å². The highest BCUT2D eigenvalue weighted by Gasteiger charge is 2.14. The van der Waals surface area contributed by atoms with E-state index in [1.54, 1.807) is 0 Å². The van der Waals surface area contributed by atoms with Gasteiger partial charge in [-0.05, 0) is 12.8 Å². The number of nitro groups is 1. The molecule has 0 radical (unpaired) electrons. The molecule has 0 heterocycles. The van der Waals surface area contributed by atoms with Crippen LogP contribution in [0.25, 0.3) is 0 Å². The summed E-state index contributed by atoms with van der Waals surface area (Å²) in [5, 5.41) is 31.3. The van der Waals surface area contributed by atoms with Gasteiger partial charge in [-0.15, -0.1) is 0 Å². The average molecular weight is 247 g/mol. The summed E-state index contributed by atoms with van der Waals surface area (Å²) in [5.74, 6) is 0.205. The first-order valence-electron chi connectivity index (χ1n) is 5.74. The lowest BCUT2D eigenvalue weighted by Gasteiger charge is -2.17. The topological polar surface area (TPSA) is 108 Å². The second-order valence-corrected chi connectivity index (χ2v) is 3.74. The van der Waals surface area contributed by atoms with Gasteiger partial charge in [0, 0.05) is 4.92 Å². The van der Waals surface area contributed by atoms with Crippen LogP contribution >= 0.6 is 0 Å². The third kappa shape index (κ3) is 6.85. The fourth-order valence-electron chi connectivity index (χ4n) is 1.24. The standard InChI is InChI=1S/C10H21N3O4/c1-3-8(6-14)11-10(5-13(16)17)12-9(4-2)7-15/h8-9,14-15H,3-7H2,1-2H3,(H,11,12). The molecule has 0 aromatic carbocycles. The maximum atomic E-state index is 10.5. The Kier molecular flexibility index (Phi) is 8.25. The van der Waals surface area contributed by atoms with Crippen LogP contribution in [0.2, 0.25) is 0 Å². The molecule has 2 unspecified atom stereocenters. The molecule has 0 saturated heterocycles. The molecule has 0 aromatic rings. The van der Waals surface area contributed by atoms with Crippen molar-refractivity contribution in [2.24, 2.45) is 4.99 Å². The molecule has 0 fully saturated rings. The molecule has 3 N–H and O–H groups in total. The number of rotatable bonds is 8. The van der Waals surface area contributed by atoms with Crippen LogP contribution in [-0.4, -0.2) is 52.8 Å². The summed E-state index contributed by atoms with van der Waals surface area (Å²) in [6.45, 7) is 3.03. The Bertz CT molecular complexity index is 250. The molecular weight excluding hydrogens is 226 g/mol. The molecule has 0 aliphatic rings. The summed E-state index contributed by atoms with van der Waals surface area (Å²) in [4.78, 5) is 14.1. The van der Waals surface area contributed by atoms with Crippen LogP contribution in [0, 0.1) is 10.1 Å². The quantitative estimate of drug-likeness (QED) is 0.238. The molecule has 17 heavy (non-hydrogen) atoms. The summed E-state index contributed by atoms with van der Waals surface area (Å²) in [6, 6.07) is -0.585. The molecule has 7 heteroatoms. The van der Waals surface area contributed by atoms with Crippen molar-refractivity contribution < 1.29 is 15.1 Å². The largest absolute Gasteiger partial charge is 0.394 e. The third-order valence-electron chi connectivity index (χ3n) is 2.38. The van der Waals surface area contributed by atoms with E-state index in [1.807, 2.05) is 13.8 Å². The van der Waals surface area contributed by atoms with Crippen LogP contribution < -0.4 is 5.32 Å². The predicted octanol–water partition coefficient (Wildman–Crippen LogP) is -0.207. The van der Waals surface area contributed by atoms with Crippen LogP contribution in [-0.2, 0) is 0 Å². The van der Waals surface area contributed by atoms with Gasteiger partial charge in [-0.3, -0.25) is 15.1 Å². The highest BCUT2D eigenvalue weighted by Crippen LogP contribution is 1.98. The van der Waals surface area contributed by atoms with Gasteiger partial charge in [0.15, 0.2) is 5.84 Å². The SMILES string of the molecule is CCC(CO)N=C(C[N+](=O)[O-])NC(CC)CO. The van der Waals surface area contributed by atoms with Crippen LogP contribution in [0.15, 0.2) is 4.99 Å². The molecule has 0 saturated carbocycles. The highest BCUT2D eigenvalue weighted by atomic mass is 16.6. The van der Waals surface area contributed by atoms with Crippen molar-refractivity contribution in [3.63, 3.8) is 0 Å². The fraction of sp³-hybridized carbons (Fsp3) is 0.900. The minimum atomic E-state index is -0.486. The number of hydrogen-bond acceptors (Lipinski definition) is 5. The Hall–Kier alpha value is -1.21. The van der Waals surface area contributed by atoms with Gasteiger partial charge in [0.2, 0.25) is 0 Å². The number of nitrogens with one attached hydrogen (secondary N) is 1. The third-order valence-corrected chi connectivity index (χ3v) is 2.38. The Labute approximate surface area is 101 Å². The van der Waals surface area contributed by atoms with Crippen LogP contribution in [0.4, 0.5) is 0 Å². The van der Waals surface area contributed by atoms with E-state index in [2.05, 4.69) is 10.3 Å². The lowest BCUT2D eigenvalue weighted by atomic mass is 10.2. The highest BCUT2D eigenvalue weighted by molar-refractivity contribution is 5.83. The summed E-state index contributed by atoms with van der Waals surface area (Å²) in [6.07, 6.45) is 1.25. The molecule has 0 rings (SSSR count). The molecule has 0 aliphatic heterocycles. The van der Waals surface area contributed by atoms with Gasteiger partial charge < -0.3 is 15.5 Å². The molecule has 7 nitrogen and oxygen atoms in total. The van der Waals surface area contributed by atoms with E-state index in [9.17, 15) is 10.1 Å². The van der Waals surface area contributed by atoms with Crippen LogP contribution in [0.3, 0.4) is 0 Å². The second-order valence-electron chi connectivity index (χ2n) is 3.74. The van der Waals surface area contributed by atoms with E-state index >= 15 is 0 Å². The van der Waals surface area contributed by atoms with Crippen molar-refractivity contribution in [1.29, 1.82) is 0 Å². The first-order chi connectivity index (χ1) is 8.07. The number of aliphatic hydroxyl groups is 2. The number of aliphatic imine (C=N–C) groups is 1. The smallest absolute Gasteiger partial charge is 0.259 e. The first-order valence-corrected chi connectivity index (χ1v) is 5.74. The monoisotopic (exact) mass is 247 g/mol. The van der Waals surface area contributed by atoms with Crippen LogP contribution in [0.1, 0.15) is 26.7 Å². The summed E-state index contributed by atoms with van der Waals surface area (Å²) < 4.78 is 0. The summed E-state index contributed by atoms with van der Waals surface area (Å²) in [5.41, 5.74) is 0. The second kappa shape index (κ2) is 8.89. The van der Waals surface area contributed by atoms with Crippen molar-refractivity contribution in [3.8, 4) is 0 Å². The Balaban J connectivity index is 4.66. The first kappa shape index (κ1) is 15.8. The molecule has 100 valence electrons. The number of amidine groups is 1. The Morgan fingerprint density at radius 3 is 2.35 bits per heavy atom. The molecule has 0 aromatic heterocycles. The van der Waals surface area contributed by atoms with Gasteiger partial charge in [-0.2, -0.15) is 0 Å². The Morgan fingerprint density at radius 2 is 2.00 bits per heavy atom. The van der Waals surface area contributed by atoms with Crippen molar-refractivity contribution in [1.82, 2.24) is 5.32 Å². The average Bonchev–Trinajstić information content (AvgIpc) is 2.31. The summed E-state index contributed by atoms with van der Waals surface area (Å²) >= 11 is 0. The van der Waals surface area contributed by atoms with E-state index < -0.39 is 11.5 Å². The van der Waals surface area contributed by atoms with Gasteiger partial charge in [-0.1, -0.05) is 13.8 Å². The van der Waals surface area contributed by atoms with Crippen molar-refractivity contribution >= 4 is 5.84 Å². The minimum Gasteiger partial charge on any atom is -0.394 e. The molecule has 0 spiro atoms. The molecule has 0 amide bonds. The molecule has 0 bridgehead atoms. The zero-order valence-electron chi connectivity index (χ0n) is 10.3. The van der Waals surface area contributed by atoms with E-state index in [4.69, 9.17) is 10.2 Å². The molecule has 0 aliphatic carbocycles. The Morgan fingerprint density at radius 1 is 1.35 bits per heavy atom. The van der Waals surface area contributed by atoms with E-state index in [0.717, 1.165) is 0 Å². The van der Waals surface area contributed by atoms with Crippen LogP contribution in [0.5, 0.6) is 0 Å². The lowest BCUT2D eigenvalue weighted by molar-refractivity contribution is -0.463. The maximum Gasteiger partial charge on any atom is 0.259 e. The van der Waals surface area contributed by atoms with Gasteiger partial charge >= 0.3 is 0 Å². The fourth-order valence-corrected chi connectivity index (χ4v) is 1.24. The van der Waals surface area contributed by atoms with E-state index in [1.165, 1.54) is 0 Å². The van der Waals surface area contributed by atoms with Gasteiger partial charge in [0.1, 0.15) is 0 Å². The van der Waals surface area contributed by atoms with E-state index in [-0.39, 0.29) is 31.1 Å². The van der Waals surface area contributed by atoms with Gasteiger partial charge in [-0.25, -0.2) is 0 Å². The maximum absolute atomic E-state index is 10.5. The summed E-state index contributed by atoms with van der Waals surface area (Å²) in [7, 11) is 0. The van der Waals surface area contributed by atoms with E-state index in [0.29, 0.717) is 12.8 Å². The number of aliphatic hydroxyl groups excluding tert-OH is 2.